The van der Waals surface area contributed by atoms with Gasteiger partial charge in [0.05, 0.1) is 30.2 Å². The zero-order valence-electron chi connectivity index (χ0n) is 13.9. The van der Waals surface area contributed by atoms with E-state index in [0.29, 0.717) is 0 Å². The molecule has 0 atom stereocenters. The Hall–Kier alpha value is -1.23. The summed E-state index contributed by atoms with van der Waals surface area (Å²) in [7, 11) is 0. The largest absolute Gasteiger partial charge is 1.00 e. The van der Waals surface area contributed by atoms with Gasteiger partial charge in [0.2, 0.25) is 0 Å². The maximum atomic E-state index is 4.66. The van der Waals surface area contributed by atoms with Crippen molar-refractivity contribution in [2.24, 2.45) is 0 Å². The molecule has 2 aliphatic heterocycles. The number of piperidine rings is 1. The third-order valence-corrected chi connectivity index (χ3v) is 5.96. The summed E-state index contributed by atoms with van der Waals surface area (Å²) in [6.07, 6.45) is 7.38. The lowest BCUT2D eigenvalue weighted by atomic mass is 10.1. The van der Waals surface area contributed by atoms with Crippen LogP contribution in [-0.2, 0) is 0 Å². The summed E-state index contributed by atoms with van der Waals surface area (Å²) in [5.41, 5.74) is 1.32. The van der Waals surface area contributed by atoms with E-state index >= 15 is 0 Å². The standard InChI is InChI=1S/C19H23N3S.ClH/c1-4-12-21(13-5-1)14-7-15-22-16-8-2-3-9-17(16)23-18-10-6-11-20-19(18)22;/h2-3,6,8-11H,1,4-5,7,12-15H2;1H. The van der Waals surface area contributed by atoms with Gasteiger partial charge < -0.3 is 22.2 Å². The third kappa shape index (κ3) is 3.71. The minimum absolute atomic E-state index is 0. The van der Waals surface area contributed by atoms with Crippen LogP contribution in [0.3, 0.4) is 0 Å². The monoisotopic (exact) mass is 361 g/mol. The molecular weight excluding hydrogens is 338 g/mol. The van der Waals surface area contributed by atoms with E-state index in [0.717, 1.165) is 12.4 Å². The second-order valence-corrected chi connectivity index (χ2v) is 7.54. The summed E-state index contributed by atoms with van der Waals surface area (Å²) in [6.45, 7) is 5.07. The predicted octanol–water partition coefficient (Wildman–Crippen LogP) is 0.147. The van der Waals surface area contributed by atoms with Crippen LogP contribution in [0, 0.1) is 0 Å². The highest BCUT2D eigenvalue weighted by Crippen LogP contribution is 2.46. The molecule has 0 spiro atoms. The van der Waals surface area contributed by atoms with Crippen molar-refractivity contribution in [1.29, 1.82) is 0 Å². The zero-order valence-corrected chi connectivity index (χ0v) is 15.5. The molecule has 3 heterocycles. The first-order chi connectivity index (χ1) is 11.4. The molecular formula is C19H24ClN3S. The number of hydrogen-bond donors (Lipinski definition) is 1. The first-order valence-corrected chi connectivity index (χ1v) is 9.56. The number of fused-ring (bicyclic) bond motifs is 2. The van der Waals surface area contributed by atoms with Crippen LogP contribution in [0.1, 0.15) is 25.7 Å². The summed E-state index contributed by atoms with van der Waals surface area (Å²) >= 11 is 1.84. The van der Waals surface area contributed by atoms with Crippen LogP contribution in [0.25, 0.3) is 0 Å². The van der Waals surface area contributed by atoms with Crippen molar-refractivity contribution in [3.8, 4) is 0 Å². The third-order valence-electron chi connectivity index (χ3n) is 4.86. The average Bonchev–Trinajstić information content (AvgIpc) is 2.62. The Balaban J connectivity index is 0.00000169. The number of aromatic nitrogens is 1. The number of hydrogen-bond acceptors (Lipinski definition) is 3. The minimum Gasteiger partial charge on any atom is -1.00 e. The van der Waals surface area contributed by atoms with Gasteiger partial charge in [0.1, 0.15) is 5.82 Å². The fourth-order valence-corrected chi connectivity index (χ4v) is 4.75. The average molecular weight is 362 g/mol. The topological polar surface area (TPSA) is 20.6 Å². The van der Waals surface area contributed by atoms with Gasteiger partial charge in [-0.15, -0.1) is 0 Å². The highest BCUT2D eigenvalue weighted by Gasteiger charge is 2.24. The van der Waals surface area contributed by atoms with Crippen molar-refractivity contribution in [2.45, 2.75) is 35.5 Å². The van der Waals surface area contributed by atoms with Crippen molar-refractivity contribution in [1.82, 2.24) is 4.98 Å². The summed E-state index contributed by atoms with van der Waals surface area (Å²) < 4.78 is 0. The van der Waals surface area contributed by atoms with E-state index in [1.54, 1.807) is 4.90 Å². The molecule has 3 nitrogen and oxygen atoms in total. The molecule has 2 aromatic rings. The second-order valence-electron chi connectivity index (χ2n) is 6.46. The smallest absolute Gasteiger partial charge is 0.147 e. The fourth-order valence-electron chi connectivity index (χ4n) is 3.68. The zero-order chi connectivity index (χ0) is 15.5. The van der Waals surface area contributed by atoms with Crippen molar-refractivity contribution < 1.29 is 17.3 Å². The molecule has 0 unspecified atom stereocenters. The number of likely N-dealkylation sites (tertiary alicyclic amines) is 1. The molecule has 0 aliphatic carbocycles. The second kappa shape index (κ2) is 8.24. The fraction of sp³-hybridized carbons (Fsp3) is 0.421. The van der Waals surface area contributed by atoms with E-state index < -0.39 is 0 Å². The van der Waals surface area contributed by atoms with Crippen LogP contribution in [0.15, 0.2) is 52.4 Å². The number of benzene rings is 1. The molecule has 128 valence electrons. The van der Waals surface area contributed by atoms with Gasteiger partial charge in [-0.2, -0.15) is 0 Å². The maximum Gasteiger partial charge on any atom is 0.147 e. The predicted molar refractivity (Wildman–Crippen MR) is 95.8 cm³/mol. The highest BCUT2D eigenvalue weighted by molar-refractivity contribution is 7.99. The van der Waals surface area contributed by atoms with Crippen molar-refractivity contribution in [3.63, 3.8) is 0 Å². The molecule has 0 saturated carbocycles. The molecule has 1 saturated heterocycles. The number of pyridine rings is 1. The molecule has 0 amide bonds. The molecule has 1 aromatic carbocycles. The number of halogens is 1. The number of quaternary nitrogens is 1. The Bertz CT molecular complexity index is 628. The molecule has 5 heteroatoms. The van der Waals surface area contributed by atoms with E-state index in [1.807, 2.05) is 24.0 Å². The van der Waals surface area contributed by atoms with Crippen LogP contribution in [0.2, 0.25) is 0 Å². The number of nitrogens with one attached hydrogen (secondary N) is 1. The van der Waals surface area contributed by atoms with Gasteiger partial charge in [-0.05, 0) is 43.5 Å². The van der Waals surface area contributed by atoms with Crippen LogP contribution in [-0.4, -0.2) is 31.2 Å². The van der Waals surface area contributed by atoms with Crippen LogP contribution in [0.4, 0.5) is 11.5 Å². The summed E-state index contributed by atoms with van der Waals surface area (Å²) in [5.74, 6) is 1.13. The first-order valence-electron chi connectivity index (χ1n) is 8.75. The normalized spacial score (nSPS) is 16.9. The lowest BCUT2D eigenvalue weighted by Gasteiger charge is -2.32. The van der Waals surface area contributed by atoms with E-state index in [9.17, 15) is 0 Å². The number of nitrogens with zero attached hydrogens (tertiary/aromatic N) is 2. The highest BCUT2D eigenvalue weighted by atomic mass is 35.5. The Morgan fingerprint density at radius 1 is 1.00 bits per heavy atom. The molecule has 0 radical (unpaired) electrons. The number of anilines is 2. The van der Waals surface area contributed by atoms with Gasteiger partial charge >= 0.3 is 0 Å². The van der Waals surface area contributed by atoms with Gasteiger partial charge in [-0.3, -0.25) is 0 Å². The van der Waals surface area contributed by atoms with E-state index in [4.69, 9.17) is 0 Å². The van der Waals surface area contributed by atoms with Gasteiger partial charge in [0.25, 0.3) is 0 Å². The summed E-state index contributed by atoms with van der Waals surface area (Å²) in [6, 6.07) is 12.9. The summed E-state index contributed by atoms with van der Waals surface area (Å²) in [5, 5.41) is 0. The molecule has 1 aromatic heterocycles. The molecule has 24 heavy (non-hydrogen) atoms. The van der Waals surface area contributed by atoms with Gasteiger partial charge in [0, 0.05) is 24.1 Å². The van der Waals surface area contributed by atoms with Gasteiger partial charge in [0.15, 0.2) is 0 Å². The van der Waals surface area contributed by atoms with Crippen molar-refractivity contribution >= 4 is 23.3 Å². The minimum atomic E-state index is 0. The maximum absolute atomic E-state index is 4.66. The van der Waals surface area contributed by atoms with Crippen LogP contribution >= 0.6 is 11.8 Å². The van der Waals surface area contributed by atoms with Crippen LogP contribution in [0.5, 0.6) is 0 Å². The Morgan fingerprint density at radius 3 is 2.67 bits per heavy atom. The molecule has 1 fully saturated rings. The van der Waals surface area contributed by atoms with Gasteiger partial charge in [-0.25, -0.2) is 4.98 Å². The lowest BCUT2D eigenvalue weighted by molar-refractivity contribution is -0.904. The Morgan fingerprint density at radius 2 is 1.79 bits per heavy atom. The quantitative estimate of drug-likeness (QED) is 0.837. The Kier molecular flexibility index (Phi) is 6.04. The van der Waals surface area contributed by atoms with Crippen LogP contribution < -0.4 is 22.2 Å². The molecule has 1 N–H and O–H groups in total. The molecule has 2 aliphatic rings. The first kappa shape index (κ1) is 17.6. The van der Waals surface area contributed by atoms with Crippen molar-refractivity contribution in [2.75, 3.05) is 31.1 Å². The molecule has 0 bridgehead atoms. The number of para-hydroxylation sites is 1. The SMILES string of the molecule is [Cl-].c1ccc2c(c1)Sc1cccnc1N2CCC[NH+]1CCCCC1. The van der Waals surface area contributed by atoms with E-state index in [-0.39, 0.29) is 12.4 Å². The van der Waals surface area contributed by atoms with E-state index in [2.05, 4.69) is 40.2 Å². The number of rotatable bonds is 4. The molecule has 4 rings (SSSR count). The lowest BCUT2D eigenvalue weighted by Crippen LogP contribution is -3.12. The summed E-state index contributed by atoms with van der Waals surface area (Å²) in [4.78, 5) is 11.5. The van der Waals surface area contributed by atoms with Crippen molar-refractivity contribution in [3.05, 3.63) is 42.6 Å². The Labute approximate surface area is 154 Å². The van der Waals surface area contributed by atoms with Gasteiger partial charge in [-0.1, -0.05) is 23.9 Å². The van der Waals surface area contributed by atoms with E-state index in [1.165, 1.54) is 60.8 Å².